The predicted molar refractivity (Wildman–Crippen MR) is 103 cm³/mol. The van der Waals surface area contributed by atoms with Crippen LogP contribution in [0.1, 0.15) is 5.56 Å². The molecular weight excluding hydrogens is 398 g/mol. The minimum atomic E-state index is -0.716. The Bertz CT molecular complexity index is 1050. The summed E-state index contributed by atoms with van der Waals surface area (Å²) in [5.74, 6) is -0.866. The fourth-order valence-corrected chi connectivity index (χ4v) is 2.45. The Morgan fingerprint density at radius 1 is 1.17 bits per heavy atom. The summed E-state index contributed by atoms with van der Waals surface area (Å²) in [4.78, 5) is 27.8. The molecule has 0 atom stereocenters. The van der Waals surface area contributed by atoms with Crippen molar-refractivity contribution < 1.29 is 19.1 Å². The molecule has 1 N–H and O–H groups in total. The van der Waals surface area contributed by atoms with Gasteiger partial charge >= 0.3 is 5.97 Å². The zero-order valence-corrected chi connectivity index (χ0v) is 15.7. The van der Waals surface area contributed by atoms with Crippen molar-refractivity contribution in [2.75, 3.05) is 18.5 Å². The second-order valence-corrected chi connectivity index (χ2v) is 6.07. The van der Waals surface area contributed by atoms with Crippen molar-refractivity contribution in [1.82, 2.24) is 14.8 Å². The molecule has 29 heavy (non-hydrogen) atoms. The number of nitrogens with one attached hydrogen (secondary N) is 1. The lowest BCUT2D eigenvalue weighted by Gasteiger charge is -2.12. The van der Waals surface area contributed by atoms with Crippen LogP contribution < -0.4 is 10.1 Å². The second-order valence-electron chi connectivity index (χ2n) is 5.64. The number of hydrogen-bond donors (Lipinski definition) is 1. The van der Waals surface area contributed by atoms with Gasteiger partial charge in [0.1, 0.15) is 18.4 Å². The first kappa shape index (κ1) is 19.9. The van der Waals surface area contributed by atoms with Crippen molar-refractivity contribution in [3.05, 3.63) is 65.7 Å². The molecule has 1 amide bonds. The molecular formula is C19H14ClN5O4. The van der Waals surface area contributed by atoms with Crippen molar-refractivity contribution in [3.63, 3.8) is 0 Å². The number of carbonyl (C=O) groups excluding carboxylic acids is 2. The van der Waals surface area contributed by atoms with E-state index in [1.54, 1.807) is 42.5 Å². The standard InChI is InChI=1S/C19H14ClN5O4/c20-14-3-6-17(25-12-22-11-23-25)16(7-14)24-18(26)9-29-19(27)10-28-15-4-1-13(8-21)2-5-15/h1-7,11-12H,9-10H2,(H,24,26). The van der Waals surface area contributed by atoms with Crippen molar-refractivity contribution in [3.8, 4) is 17.5 Å². The Balaban J connectivity index is 1.51. The van der Waals surface area contributed by atoms with Gasteiger partial charge < -0.3 is 14.8 Å². The topological polar surface area (TPSA) is 119 Å². The Kier molecular flexibility index (Phi) is 6.40. The third-order valence-corrected chi connectivity index (χ3v) is 3.84. The van der Waals surface area contributed by atoms with Gasteiger partial charge in [-0.25, -0.2) is 14.5 Å². The van der Waals surface area contributed by atoms with Crippen molar-refractivity contribution >= 4 is 29.2 Å². The number of nitrogens with zero attached hydrogens (tertiary/aromatic N) is 4. The van der Waals surface area contributed by atoms with Gasteiger partial charge in [0.2, 0.25) is 0 Å². The van der Waals surface area contributed by atoms with Gasteiger partial charge in [0.15, 0.2) is 13.2 Å². The van der Waals surface area contributed by atoms with Crippen LogP contribution in [0.2, 0.25) is 5.02 Å². The Morgan fingerprint density at radius 3 is 2.66 bits per heavy atom. The van der Waals surface area contributed by atoms with Crippen LogP contribution in [0.5, 0.6) is 5.75 Å². The molecule has 3 rings (SSSR count). The molecule has 10 heteroatoms. The van der Waals surface area contributed by atoms with Crippen molar-refractivity contribution in [2.24, 2.45) is 0 Å². The van der Waals surface area contributed by atoms with E-state index in [4.69, 9.17) is 26.3 Å². The van der Waals surface area contributed by atoms with E-state index in [1.807, 2.05) is 6.07 Å². The first-order valence-corrected chi connectivity index (χ1v) is 8.66. The van der Waals surface area contributed by atoms with E-state index in [9.17, 15) is 9.59 Å². The Hall–Kier alpha value is -3.90. The van der Waals surface area contributed by atoms with Crippen molar-refractivity contribution in [1.29, 1.82) is 5.26 Å². The summed E-state index contributed by atoms with van der Waals surface area (Å²) in [5, 5.41) is 15.8. The van der Waals surface area contributed by atoms with Gasteiger partial charge in [-0.1, -0.05) is 11.6 Å². The highest BCUT2D eigenvalue weighted by Gasteiger charge is 2.13. The molecule has 1 aromatic heterocycles. The molecule has 9 nitrogen and oxygen atoms in total. The quantitative estimate of drug-likeness (QED) is 0.592. The van der Waals surface area contributed by atoms with Gasteiger partial charge in [-0.05, 0) is 42.5 Å². The first-order valence-electron chi connectivity index (χ1n) is 8.28. The summed E-state index contributed by atoms with van der Waals surface area (Å²) in [7, 11) is 0. The summed E-state index contributed by atoms with van der Waals surface area (Å²) in [5.41, 5.74) is 1.41. The monoisotopic (exact) mass is 411 g/mol. The zero-order valence-electron chi connectivity index (χ0n) is 14.9. The van der Waals surface area contributed by atoms with Crippen LogP contribution in [-0.2, 0) is 14.3 Å². The SMILES string of the molecule is N#Cc1ccc(OCC(=O)OCC(=O)Nc2cc(Cl)ccc2-n2cncn2)cc1. The molecule has 3 aromatic rings. The lowest BCUT2D eigenvalue weighted by molar-refractivity contribution is -0.149. The smallest absolute Gasteiger partial charge is 0.344 e. The normalized spacial score (nSPS) is 10.1. The number of halogens is 1. The number of benzene rings is 2. The van der Waals surface area contributed by atoms with Crippen molar-refractivity contribution in [2.45, 2.75) is 0 Å². The van der Waals surface area contributed by atoms with Crippen LogP contribution in [0.15, 0.2) is 55.1 Å². The number of carbonyl (C=O) groups is 2. The lowest BCUT2D eigenvalue weighted by atomic mass is 10.2. The van der Waals surface area contributed by atoms with Crippen LogP contribution in [0.3, 0.4) is 0 Å². The van der Waals surface area contributed by atoms with E-state index in [1.165, 1.54) is 17.3 Å². The maximum atomic E-state index is 12.1. The number of esters is 1. The molecule has 0 aliphatic rings. The third-order valence-electron chi connectivity index (χ3n) is 3.60. The molecule has 0 fully saturated rings. The first-order chi connectivity index (χ1) is 14.0. The fourth-order valence-electron chi connectivity index (χ4n) is 2.28. The van der Waals surface area contributed by atoms with E-state index >= 15 is 0 Å². The average molecular weight is 412 g/mol. The average Bonchev–Trinajstić information content (AvgIpc) is 3.26. The molecule has 0 saturated carbocycles. The molecule has 0 spiro atoms. The van der Waals surface area contributed by atoms with E-state index in [0.717, 1.165) is 0 Å². The molecule has 1 heterocycles. The fraction of sp³-hybridized carbons (Fsp3) is 0.105. The Morgan fingerprint density at radius 2 is 1.97 bits per heavy atom. The summed E-state index contributed by atoms with van der Waals surface area (Å²) in [6.45, 7) is -0.876. The number of anilines is 1. The van der Waals surface area contributed by atoms with Crippen LogP contribution in [0.25, 0.3) is 5.69 Å². The van der Waals surface area contributed by atoms with Gasteiger partial charge in [-0.15, -0.1) is 0 Å². The molecule has 0 radical (unpaired) electrons. The number of rotatable bonds is 7. The van der Waals surface area contributed by atoms with Gasteiger partial charge in [0.25, 0.3) is 5.91 Å². The zero-order chi connectivity index (χ0) is 20.6. The minimum absolute atomic E-state index is 0.374. The van der Waals surface area contributed by atoms with E-state index in [0.29, 0.717) is 27.7 Å². The van der Waals surface area contributed by atoms with E-state index in [-0.39, 0.29) is 6.61 Å². The molecule has 0 aliphatic heterocycles. The van der Waals surface area contributed by atoms with Gasteiger partial charge in [-0.2, -0.15) is 10.4 Å². The molecule has 0 bridgehead atoms. The highest BCUT2D eigenvalue weighted by molar-refractivity contribution is 6.31. The second kappa shape index (κ2) is 9.34. The van der Waals surface area contributed by atoms with Crippen LogP contribution in [-0.4, -0.2) is 39.9 Å². The number of ether oxygens (including phenoxy) is 2. The molecule has 0 saturated heterocycles. The third kappa shape index (κ3) is 5.54. The summed E-state index contributed by atoms with van der Waals surface area (Å²) in [6, 6.07) is 13.1. The minimum Gasteiger partial charge on any atom is -0.482 e. The van der Waals surface area contributed by atoms with Crippen LogP contribution in [0.4, 0.5) is 5.69 Å². The van der Waals surface area contributed by atoms with Crippen LogP contribution in [0, 0.1) is 11.3 Å². The summed E-state index contributed by atoms with van der Waals surface area (Å²) in [6.07, 6.45) is 2.83. The molecule has 0 aliphatic carbocycles. The number of hydrogen-bond acceptors (Lipinski definition) is 7. The summed E-state index contributed by atoms with van der Waals surface area (Å²) < 4.78 is 11.6. The highest BCUT2D eigenvalue weighted by Crippen LogP contribution is 2.23. The van der Waals surface area contributed by atoms with Gasteiger partial charge in [0, 0.05) is 5.02 Å². The molecule has 0 unspecified atom stereocenters. The van der Waals surface area contributed by atoms with Crippen LogP contribution >= 0.6 is 11.6 Å². The lowest BCUT2D eigenvalue weighted by Crippen LogP contribution is -2.24. The predicted octanol–water partition coefficient (Wildman–Crippen LogP) is 2.35. The van der Waals surface area contributed by atoms with Gasteiger partial charge in [0.05, 0.1) is 23.0 Å². The van der Waals surface area contributed by atoms with E-state index < -0.39 is 18.5 Å². The number of aromatic nitrogens is 3. The van der Waals surface area contributed by atoms with E-state index in [2.05, 4.69) is 15.4 Å². The number of amides is 1. The highest BCUT2D eigenvalue weighted by atomic mass is 35.5. The largest absolute Gasteiger partial charge is 0.482 e. The Labute approximate surface area is 170 Å². The molecule has 2 aromatic carbocycles. The summed E-state index contributed by atoms with van der Waals surface area (Å²) >= 11 is 5.99. The van der Waals surface area contributed by atoms with Gasteiger partial charge in [-0.3, -0.25) is 4.79 Å². The maximum absolute atomic E-state index is 12.1. The maximum Gasteiger partial charge on any atom is 0.344 e. The molecule has 146 valence electrons. The number of nitriles is 1.